The van der Waals surface area contributed by atoms with Crippen LogP contribution in [0.25, 0.3) is 6.08 Å². The smallest absolute Gasteiger partial charge is 0.281 e. The summed E-state index contributed by atoms with van der Waals surface area (Å²) < 4.78 is 16.2. The summed E-state index contributed by atoms with van der Waals surface area (Å²) in [6.45, 7) is 2.98. The Morgan fingerprint density at radius 1 is 1.11 bits per heavy atom. The van der Waals surface area contributed by atoms with E-state index in [9.17, 15) is 4.79 Å². The van der Waals surface area contributed by atoms with Crippen LogP contribution in [0.3, 0.4) is 0 Å². The van der Waals surface area contributed by atoms with E-state index in [2.05, 4.69) is 5.32 Å². The van der Waals surface area contributed by atoms with Crippen LogP contribution >= 0.6 is 12.2 Å². The highest BCUT2D eigenvalue weighted by Crippen LogP contribution is 2.31. The van der Waals surface area contributed by atoms with Crippen molar-refractivity contribution in [3.8, 4) is 11.5 Å². The molecule has 1 heterocycles. The lowest BCUT2D eigenvalue weighted by Gasteiger charge is -2.17. The predicted octanol–water partition coefficient (Wildman–Crippen LogP) is 3.50. The molecule has 0 aliphatic carbocycles. The van der Waals surface area contributed by atoms with Crippen LogP contribution in [0.1, 0.15) is 18.1 Å². The van der Waals surface area contributed by atoms with Gasteiger partial charge in [-0.1, -0.05) is 18.2 Å². The lowest BCUT2D eigenvalue weighted by molar-refractivity contribution is -0.113. The highest BCUT2D eigenvalue weighted by molar-refractivity contribution is 7.80. The summed E-state index contributed by atoms with van der Waals surface area (Å²) in [6.07, 6.45) is 1.76. The Bertz CT molecular complexity index is 926. The standard InChI is InChI=1S/C21H22N2O4S/c1-4-27-13-15-11-14(9-10-18(15)25-2)12-16-20(24)23(21(28)22-16)17-7-5-6-8-19(17)26-3/h5-12H,4,13H2,1-3H3,(H,22,28)/b16-12+. The van der Waals surface area contributed by atoms with Gasteiger partial charge in [-0.05, 0) is 55.0 Å². The first-order chi connectivity index (χ1) is 13.6. The Labute approximate surface area is 169 Å². The van der Waals surface area contributed by atoms with E-state index in [1.54, 1.807) is 32.4 Å². The minimum absolute atomic E-state index is 0.239. The Morgan fingerprint density at radius 2 is 1.86 bits per heavy atom. The fourth-order valence-electron chi connectivity index (χ4n) is 2.95. The molecule has 146 valence electrons. The van der Waals surface area contributed by atoms with Gasteiger partial charge in [0, 0.05) is 12.2 Å². The second-order valence-electron chi connectivity index (χ2n) is 6.01. The number of thiocarbonyl (C=S) groups is 1. The highest BCUT2D eigenvalue weighted by atomic mass is 32.1. The molecule has 0 radical (unpaired) electrons. The number of carbonyl (C=O) groups excluding carboxylic acids is 1. The largest absolute Gasteiger partial charge is 0.496 e. The molecular weight excluding hydrogens is 376 g/mol. The maximum Gasteiger partial charge on any atom is 0.281 e. The predicted molar refractivity (Wildman–Crippen MR) is 113 cm³/mol. The molecule has 2 aromatic carbocycles. The number of methoxy groups -OCH3 is 2. The van der Waals surface area contributed by atoms with Crippen LogP contribution in [-0.4, -0.2) is 31.8 Å². The summed E-state index contributed by atoms with van der Waals surface area (Å²) in [5.74, 6) is 1.08. The van der Waals surface area contributed by atoms with Crippen LogP contribution in [0, 0.1) is 0 Å². The molecule has 1 aliphatic rings. The fraction of sp³-hybridized carbons (Fsp3) is 0.238. The van der Waals surface area contributed by atoms with Crippen molar-refractivity contribution in [1.82, 2.24) is 5.32 Å². The molecule has 2 aromatic rings. The van der Waals surface area contributed by atoms with Gasteiger partial charge in [0.15, 0.2) is 5.11 Å². The highest BCUT2D eigenvalue weighted by Gasteiger charge is 2.33. The van der Waals surface area contributed by atoms with Crippen molar-refractivity contribution in [3.05, 3.63) is 59.3 Å². The van der Waals surface area contributed by atoms with Crippen LogP contribution in [0.2, 0.25) is 0 Å². The molecule has 1 N–H and O–H groups in total. The number of hydrogen-bond acceptors (Lipinski definition) is 5. The van der Waals surface area contributed by atoms with Gasteiger partial charge in [-0.15, -0.1) is 0 Å². The zero-order chi connectivity index (χ0) is 20.1. The number of carbonyl (C=O) groups is 1. The monoisotopic (exact) mass is 398 g/mol. The quantitative estimate of drug-likeness (QED) is 0.569. The summed E-state index contributed by atoms with van der Waals surface area (Å²) >= 11 is 5.38. The van der Waals surface area contributed by atoms with E-state index < -0.39 is 0 Å². The van der Waals surface area contributed by atoms with Crippen molar-refractivity contribution in [2.24, 2.45) is 0 Å². The van der Waals surface area contributed by atoms with Crippen LogP contribution in [0.15, 0.2) is 48.2 Å². The zero-order valence-electron chi connectivity index (χ0n) is 16.0. The first-order valence-corrected chi connectivity index (χ1v) is 9.24. The Hall–Kier alpha value is -2.90. The summed E-state index contributed by atoms with van der Waals surface area (Å²) in [5.41, 5.74) is 2.75. The third-order valence-corrected chi connectivity index (χ3v) is 4.57. The molecule has 1 fully saturated rings. The van der Waals surface area contributed by atoms with Crippen molar-refractivity contribution in [3.63, 3.8) is 0 Å². The van der Waals surface area contributed by atoms with Crippen molar-refractivity contribution >= 4 is 35.0 Å². The van der Waals surface area contributed by atoms with Gasteiger partial charge in [0.25, 0.3) is 5.91 Å². The molecule has 0 spiro atoms. The van der Waals surface area contributed by atoms with Crippen LogP contribution < -0.4 is 19.7 Å². The molecule has 0 bridgehead atoms. The van der Waals surface area contributed by atoms with Gasteiger partial charge in [-0.25, -0.2) is 4.90 Å². The summed E-state index contributed by atoms with van der Waals surface area (Å²) in [7, 11) is 3.18. The van der Waals surface area contributed by atoms with Crippen LogP contribution in [0.4, 0.5) is 5.69 Å². The fourth-order valence-corrected chi connectivity index (χ4v) is 3.24. The average Bonchev–Trinajstić information content (AvgIpc) is 2.99. The number of nitrogens with one attached hydrogen (secondary N) is 1. The molecule has 0 aromatic heterocycles. The zero-order valence-corrected chi connectivity index (χ0v) is 16.8. The third kappa shape index (κ3) is 4.00. The van der Waals surface area contributed by atoms with Gasteiger partial charge < -0.3 is 19.5 Å². The number of para-hydroxylation sites is 2. The number of rotatable bonds is 7. The van der Waals surface area contributed by atoms with Gasteiger partial charge >= 0.3 is 0 Å². The topological polar surface area (TPSA) is 60.0 Å². The molecule has 0 atom stereocenters. The van der Waals surface area contributed by atoms with E-state index in [4.69, 9.17) is 26.4 Å². The van der Waals surface area contributed by atoms with Gasteiger partial charge in [-0.2, -0.15) is 0 Å². The van der Waals surface area contributed by atoms with E-state index in [-0.39, 0.29) is 5.91 Å². The number of hydrogen-bond donors (Lipinski definition) is 1. The van der Waals surface area contributed by atoms with Crippen LogP contribution in [0.5, 0.6) is 11.5 Å². The van der Waals surface area contributed by atoms with E-state index >= 15 is 0 Å². The Kier molecular flexibility index (Phi) is 6.28. The number of ether oxygens (including phenoxy) is 3. The Morgan fingerprint density at radius 3 is 2.57 bits per heavy atom. The molecule has 28 heavy (non-hydrogen) atoms. The molecule has 6 nitrogen and oxygen atoms in total. The maximum atomic E-state index is 13.0. The normalized spacial score (nSPS) is 15.1. The number of anilines is 1. The van der Waals surface area contributed by atoms with Crippen molar-refractivity contribution in [1.29, 1.82) is 0 Å². The lowest BCUT2D eigenvalue weighted by atomic mass is 10.1. The molecule has 7 heteroatoms. The van der Waals surface area contributed by atoms with E-state index in [0.717, 1.165) is 16.9 Å². The number of benzene rings is 2. The van der Waals surface area contributed by atoms with Gasteiger partial charge in [-0.3, -0.25) is 4.79 Å². The lowest BCUT2D eigenvalue weighted by Crippen LogP contribution is -2.30. The van der Waals surface area contributed by atoms with Crippen molar-refractivity contribution in [2.75, 3.05) is 25.7 Å². The average molecular weight is 398 g/mol. The second-order valence-corrected chi connectivity index (χ2v) is 6.40. The van der Waals surface area contributed by atoms with Gasteiger partial charge in [0.05, 0.1) is 26.5 Å². The van der Waals surface area contributed by atoms with Crippen LogP contribution in [-0.2, 0) is 16.1 Å². The third-order valence-electron chi connectivity index (χ3n) is 4.28. The van der Waals surface area contributed by atoms with E-state index in [1.807, 2.05) is 37.3 Å². The molecule has 1 aliphatic heterocycles. The summed E-state index contributed by atoms with van der Waals surface area (Å²) in [6, 6.07) is 12.9. The minimum Gasteiger partial charge on any atom is -0.496 e. The molecule has 1 saturated heterocycles. The minimum atomic E-state index is -0.239. The first kappa shape index (κ1) is 19.9. The maximum absolute atomic E-state index is 13.0. The molecular formula is C21H22N2O4S. The summed E-state index contributed by atoms with van der Waals surface area (Å²) in [4.78, 5) is 14.4. The molecule has 0 saturated carbocycles. The molecule has 1 amide bonds. The van der Waals surface area contributed by atoms with Crippen molar-refractivity contribution < 1.29 is 19.0 Å². The van der Waals surface area contributed by atoms with E-state index in [0.29, 0.717) is 35.5 Å². The number of amides is 1. The van der Waals surface area contributed by atoms with Gasteiger partial charge in [0.2, 0.25) is 0 Å². The second kappa shape index (κ2) is 8.86. The van der Waals surface area contributed by atoms with Gasteiger partial charge in [0.1, 0.15) is 17.2 Å². The van der Waals surface area contributed by atoms with Crippen molar-refractivity contribution in [2.45, 2.75) is 13.5 Å². The molecule has 0 unspecified atom stereocenters. The SMILES string of the molecule is CCOCc1cc(/C=C2/NC(=S)N(c3ccccc3OC)C2=O)ccc1OC. The molecule has 3 rings (SSSR count). The van der Waals surface area contributed by atoms with E-state index in [1.165, 1.54) is 4.90 Å². The number of nitrogens with zero attached hydrogens (tertiary/aromatic N) is 1. The first-order valence-electron chi connectivity index (χ1n) is 8.83. The summed E-state index contributed by atoms with van der Waals surface area (Å²) in [5, 5.41) is 3.30. The Balaban J connectivity index is 1.91.